The van der Waals surface area contributed by atoms with Gasteiger partial charge in [0.05, 0.1) is 0 Å². The summed E-state index contributed by atoms with van der Waals surface area (Å²) in [6.07, 6.45) is 0.343. The van der Waals surface area contributed by atoms with E-state index in [1.54, 1.807) is 20.8 Å². The summed E-state index contributed by atoms with van der Waals surface area (Å²) in [6.45, 7) is 5.12. The van der Waals surface area contributed by atoms with E-state index in [0.29, 0.717) is 6.29 Å². The Morgan fingerprint density at radius 3 is 2.27 bits per heavy atom. The van der Waals surface area contributed by atoms with Gasteiger partial charge in [0, 0.05) is 0 Å². The van der Waals surface area contributed by atoms with E-state index in [1.807, 2.05) is 0 Å². The van der Waals surface area contributed by atoms with Crippen LogP contribution in [0.4, 0.5) is 0 Å². The van der Waals surface area contributed by atoms with Crippen LogP contribution in [-0.2, 0) is 14.3 Å². The second-order valence-corrected chi connectivity index (χ2v) is 3.54. The van der Waals surface area contributed by atoms with Crippen LogP contribution in [0.3, 0.4) is 0 Å². The second-order valence-electron chi connectivity index (χ2n) is 3.07. The van der Waals surface area contributed by atoms with Crippen molar-refractivity contribution in [3.63, 3.8) is 0 Å². The average molecular weight is 179 g/mol. The third-order valence-electron chi connectivity index (χ3n) is 0.751. The fraction of sp³-hybridized carbons (Fsp3) is 0.714. The number of halogens is 1. The van der Waals surface area contributed by atoms with Gasteiger partial charge >= 0.3 is 5.97 Å². The molecule has 3 nitrogen and oxygen atoms in total. The summed E-state index contributed by atoms with van der Waals surface area (Å²) >= 11 is 5.28. The first-order valence-corrected chi connectivity index (χ1v) is 3.62. The number of rotatable bonds is 2. The number of alkyl halides is 1. The molecule has 0 aromatic carbocycles. The van der Waals surface area contributed by atoms with Gasteiger partial charge in [0.2, 0.25) is 0 Å². The van der Waals surface area contributed by atoms with Gasteiger partial charge in [-0.3, -0.25) is 0 Å². The molecule has 1 unspecified atom stereocenters. The number of carbonyl (C=O) groups is 2. The first-order chi connectivity index (χ1) is 4.87. The van der Waals surface area contributed by atoms with Gasteiger partial charge in [0.25, 0.3) is 0 Å². The first kappa shape index (κ1) is 10.4. The molecule has 0 rings (SSSR count). The van der Waals surface area contributed by atoms with E-state index in [4.69, 9.17) is 16.3 Å². The van der Waals surface area contributed by atoms with Gasteiger partial charge in [-0.2, -0.15) is 0 Å². The summed E-state index contributed by atoms with van der Waals surface area (Å²) in [6, 6.07) is 0. The molecule has 0 saturated heterocycles. The van der Waals surface area contributed by atoms with Crippen molar-refractivity contribution in [3.05, 3.63) is 0 Å². The third-order valence-corrected chi connectivity index (χ3v) is 1.03. The Balaban J connectivity index is 3.98. The SMILES string of the molecule is CC(C)(C)OC(=O)C(Cl)C=O. The predicted octanol–water partition coefficient (Wildman–Crippen LogP) is 1.13. The summed E-state index contributed by atoms with van der Waals surface area (Å²) in [5.41, 5.74) is -0.590. The van der Waals surface area contributed by atoms with Crippen LogP contribution >= 0.6 is 11.6 Å². The molecule has 0 amide bonds. The number of hydrogen-bond acceptors (Lipinski definition) is 3. The molecule has 0 aromatic rings. The maximum absolute atomic E-state index is 10.8. The van der Waals surface area contributed by atoms with Gasteiger partial charge in [-0.25, -0.2) is 4.79 Å². The summed E-state index contributed by atoms with van der Waals surface area (Å²) in [7, 11) is 0. The maximum Gasteiger partial charge on any atom is 0.331 e. The molecule has 0 N–H and O–H groups in total. The summed E-state index contributed by atoms with van der Waals surface area (Å²) in [5.74, 6) is -0.700. The smallest absolute Gasteiger partial charge is 0.331 e. The molecule has 1 atom stereocenters. The molecule has 0 aliphatic heterocycles. The molecule has 64 valence electrons. The fourth-order valence-corrected chi connectivity index (χ4v) is 0.458. The molecule has 0 radical (unpaired) electrons. The maximum atomic E-state index is 10.8. The molecule has 0 aromatic heterocycles. The van der Waals surface area contributed by atoms with E-state index in [9.17, 15) is 9.59 Å². The highest BCUT2D eigenvalue weighted by Crippen LogP contribution is 2.09. The van der Waals surface area contributed by atoms with E-state index < -0.39 is 16.9 Å². The highest BCUT2D eigenvalue weighted by atomic mass is 35.5. The number of ether oxygens (including phenoxy) is 1. The molecule has 0 aliphatic carbocycles. The largest absolute Gasteiger partial charge is 0.459 e. The van der Waals surface area contributed by atoms with Crippen molar-refractivity contribution in [1.82, 2.24) is 0 Å². The Morgan fingerprint density at radius 1 is 1.55 bits per heavy atom. The van der Waals surface area contributed by atoms with Crippen LogP contribution in [0, 0.1) is 0 Å². The number of carbonyl (C=O) groups excluding carboxylic acids is 2. The van der Waals surface area contributed by atoms with Crippen molar-refractivity contribution < 1.29 is 14.3 Å². The Morgan fingerprint density at radius 2 is 2.00 bits per heavy atom. The topological polar surface area (TPSA) is 43.4 Å². The fourth-order valence-electron chi connectivity index (χ4n) is 0.414. The molecule has 0 fully saturated rings. The average Bonchev–Trinajstić information content (AvgIpc) is 1.82. The molecule has 0 bridgehead atoms. The predicted molar refractivity (Wildman–Crippen MR) is 41.6 cm³/mol. The quantitative estimate of drug-likeness (QED) is 0.276. The van der Waals surface area contributed by atoms with Gasteiger partial charge in [-0.05, 0) is 20.8 Å². The minimum absolute atomic E-state index is 0.343. The van der Waals surface area contributed by atoms with Gasteiger partial charge in [-0.1, -0.05) is 0 Å². The van der Waals surface area contributed by atoms with Gasteiger partial charge < -0.3 is 9.53 Å². The van der Waals surface area contributed by atoms with E-state index >= 15 is 0 Å². The van der Waals surface area contributed by atoms with Gasteiger partial charge in [-0.15, -0.1) is 11.6 Å². The highest BCUT2D eigenvalue weighted by Gasteiger charge is 2.22. The normalized spacial score (nSPS) is 13.8. The lowest BCUT2D eigenvalue weighted by atomic mass is 10.2. The minimum atomic E-state index is -1.19. The van der Waals surface area contributed by atoms with Gasteiger partial charge in [0.1, 0.15) is 11.9 Å². The van der Waals surface area contributed by atoms with Crippen LogP contribution in [-0.4, -0.2) is 23.2 Å². The van der Waals surface area contributed by atoms with Crippen LogP contribution < -0.4 is 0 Å². The second kappa shape index (κ2) is 3.72. The van der Waals surface area contributed by atoms with E-state index in [2.05, 4.69) is 0 Å². The molecule has 0 aliphatic rings. The monoisotopic (exact) mass is 178 g/mol. The third kappa shape index (κ3) is 4.79. The summed E-state index contributed by atoms with van der Waals surface area (Å²) in [4.78, 5) is 20.8. The summed E-state index contributed by atoms with van der Waals surface area (Å²) < 4.78 is 4.79. The van der Waals surface area contributed by atoms with Crippen LogP contribution in [0.15, 0.2) is 0 Å². The van der Waals surface area contributed by atoms with E-state index in [1.165, 1.54) is 0 Å². The van der Waals surface area contributed by atoms with Crippen LogP contribution in [0.25, 0.3) is 0 Å². The van der Waals surface area contributed by atoms with Crippen molar-refractivity contribution in [1.29, 1.82) is 0 Å². The van der Waals surface area contributed by atoms with Crippen LogP contribution in [0.2, 0.25) is 0 Å². The van der Waals surface area contributed by atoms with Crippen LogP contribution in [0.1, 0.15) is 20.8 Å². The van der Waals surface area contributed by atoms with Gasteiger partial charge in [0.15, 0.2) is 5.38 Å². The first-order valence-electron chi connectivity index (χ1n) is 3.19. The van der Waals surface area contributed by atoms with Crippen molar-refractivity contribution in [3.8, 4) is 0 Å². The molecule has 0 spiro atoms. The molecule has 4 heteroatoms. The Kier molecular flexibility index (Phi) is 3.52. The molecule has 11 heavy (non-hydrogen) atoms. The van der Waals surface area contributed by atoms with Crippen molar-refractivity contribution >= 4 is 23.9 Å². The number of hydrogen-bond donors (Lipinski definition) is 0. The zero-order valence-corrected chi connectivity index (χ0v) is 7.51. The van der Waals surface area contributed by atoms with Crippen molar-refractivity contribution in [2.24, 2.45) is 0 Å². The standard InChI is InChI=1S/C7H11ClO3/c1-7(2,3)11-6(10)5(8)4-9/h4-5H,1-3H3. The highest BCUT2D eigenvalue weighted by molar-refractivity contribution is 6.37. The molecule has 0 heterocycles. The summed E-state index contributed by atoms with van der Waals surface area (Å²) in [5, 5.41) is -1.19. The Bertz CT molecular complexity index is 160. The zero-order valence-electron chi connectivity index (χ0n) is 6.76. The van der Waals surface area contributed by atoms with E-state index in [-0.39, 0.29) is 0 Å². The Labute approximate surface area is 70.7 Å². The zero-order chi connectivity index (χ0) is 9.07. The molecule has 0 saturated carbocycles. The minimum Gasteiger partial charge on any atom is -0.459 e. The lowest BCUT2D eigenvalue weighted by molar-refractivity contribution is -0.154. The van der Waals surface area contributed by atoms with Crippen molar-refractivity contribution in [2.45, 2.75) is 31.7 Å². The lowest BCUT2D eigenvalue weighted by Crippen LogP contribution is -2.29. The van der Waals surface area contributed by atoms with Crippen molar-refractivity contribution in [2.75, 3.05) is 0 Å². The lowest BCUT2D eigenvalue weighted by Gasteiger charge is -2.19. The molecular formula is C7H11ClO3. The number of esters is 1. The number of aldehydes is 1. The van der Waals surface area contributed by atoms with E-state index in [0.717, 1.165) is 0 Å². The van der Waals surface area contributed by atoms with Crippen LogP contribution in [0.5, 0.6) is 0 Å². The Hall–Kier alpha value is -0.570. The molecular weight excluding hydrogens is 168 g/mol.